The Morgan fingerprint density at radius 1 is 1.50 bits per heavy atom. The molecule has 0 aliphatic heterocycles. The number of anilines is 1. The van der Waals surface area contributed by atoms with Crippen LogP contribution in [0.2, 0.25) is 0 Å². The van der Waals surface area contributed by atoms with Crippen LogP contribution in [0.4, 0.5) is 5.69 Å². The van der Waals surface area contributed by atoms with Crippen molar-refractivity contribution in [3.05, 3.63) is 23.3 Å². The SMILES string of the molecule is CC(=O)c1ccc(C)c(N)c1O. The van der Waals surface area contributed by atoms with Crippen LogP contribution in [0.1, 0.15) is 22.8 Å². The number of hydrogen-bond donors (Lipinski definition) is 2. The van der Waals surface area contributed by atoms with E-state index in [4.69, 9.17) is 5.73 Å². The van der Waals surface area contributed by atoms with Crippen molar-refractivity contribution in [2.24, 2.45) is 0 Å². The fourth-order valence-electron chi connectivity index (χ4n) is 0.993. The molecule has 0 unspecified atom stereocenters. The molecule has 0 heterocycles. The lowest BCUT2D eigenvalue weighted by atomic mass is 10.1. The lowest BCUT2D eigenvalue weighted by Crippen LogP contribution is -1.98. The van der Waals surface area contributed by atoms with E-state index in [1.54, 1.807) is 19.1 Å². The third-order valence-corrected chi connectivity index (χ3v) is 1.81. The minimum absolute atomic E-state index is 0.109. The number of nitrogen functional groups attached to an aromatic ring is 1. The molecule has 0 aliphatic rings. The summed E-state index contributed by atoms with van der Waals surface area (Å²) in [6, 6.07) is 3.29. The molecule has 0 spiro atoms. The number of nitrogens with two attached hydrogens (primary N) is 1. The zero-order valence-electron chi connectivity index (χ0n) is 7.09. The summed E-state index contributed by atoms with van der Waals surface area (Å²) in [7, 11) is 0. The molecule has 3 nitrogen and oxygen atoms in total. The van der Waals surface area contributed by atoms with Crippen molar-refractivity contribution in [1.82, 2.24) is 0 Å². The van der Waals surface area contributed by atoms with Gasteiger partial charge in [-0.3, -0.25) is 4.79 Å². The first-order chi connectivity index (χ1) is 5.54. The van der Waals surface area contributed by atoms with E-state index in [0.29, 0.717) is 0 Å². The smallest absolute Gasteiger partial charge is 0.163 e. The van der Waals surface area contributed by atoms with Crippen LogP contribution in [0.3, 0.4) is 0 Å². The summed E-state index contributed by atoms with van der Waals surface area (Å²) in [5.41, 5.74) is 6.85. The highest BCUT2D eigenvalue weighted by atomic mass is 16.3. The first kappa shape index (κ1) is 8.59. The number of Topliss-reactive ketones (excluding diaryl/α,β-unsaturated/α-hetero) is 1. The number of carbonyl (C=O) groups is 1. The summed E-state index contributed by atoms with van der Waals surface area (Å²) in [6.07, 6.45) is 0. The van der Waals surface area contributed by atoms with Gasteiger partial charge in [0.25, 0.3) is 0 Å². The predicted octanol–water partition coefficient (Wildman–Crippen LogP) is 1.49. The van der Waals surface area contributed by atoms with Crippen molar-refractivity contribution in [3.63, 3.8) is 0 Å². The lowest BCUT2D eigenvalue weighted by Gasteiger charge is -2.05. The highest BCUT2D eigenvalue weighted by Gasteiger charge is 2.09. The van der Waals surface area contributed by atoms with Gasteiger partial charge >= 0.3 is 0 Å². The van der Waals surface area contributed by atoms with Crippen LogP contribution in [0.15, 0.2) is 12.1 Å². The van der Waals surface area contributed by atoms with Crippen molar-refractivity contribution in [2.45, 2.75) is 13.8 Å². The van der Waals surface area contributed by atoms with E-state index < -0.39 is 0 Å². The predicted molar refractivity (Wildman–Crippen MR) is 47.3 cm³/mol. The van der Waals surface area contributed by atoms with Gasteiger partial charge in [0, 0.05) is 0 Å². The largest absolute Gasteiger partial charge is 0.505 e. The van der Waals surface area contributed by atoms with Crippen molar-refractivity contribution in [1.29, 1.82) is 0 Å². The van der Waals surface area contributed by atoms with E-state index in [-0.39, 0.29) is 22.8 Å². The third kappa shape index (κ3) is 1.25. The zero-order chi connectivity index (χ0) is 9.30. The number of aromatic hydroxyl groups is 1. The molecule has 0 radical (unpaired) electrons. The molecule has 12 heavy (non-hydrogen) atoms. The second-order valence-corrected chi connectivity index (χ2v) is 2.75. The molecule has 0 saturated carbocycles. The van der Waals surface area contributed by atoms with Gasteiger partial charge in [0.2, 0.25) is 0 Å². The number of rotatable bonds is 1. The molecule has 3 N–H and O–H groups in total. The monoisotopic (exact) mass is 165 g/mol. The number of ketones is 1. The number of aryl methyl sites for hydroxylation is 1. The van der Waals surface area contributed by atoms with Crippen LogP contribution in [-0.2, 0) is 0 Å². The van der Waals surface area contributed by atoms with E-state index in [2.05, 4.69) is 0 Å². The number of phenols is 1. The van der Waals surface area contributed by atoms with Gasteiger partial charge in [0.05, 0.1) is 11.3 Å². The molecule has 0 fully saturated rings. The van der Waals surface area contributed by atoms with Gasteiger partial charge in [-0.15, -0.1) is 0 Å². The van der Waals surface area contributed by atoms with Crippen molar-refractivity contribution in [3.8, 4) is 5.75 Å². The summed E-state index contributed by atoms with van der Waals surface area (Å²) in [6.45, 7) is 3.17. The van der Waals surface area contributed by atoms with Gasteiger partial charge in [-0.2, -0.15) is 0 Å². The van der Waals surface area contributed by atoms with Gasteiger partial charge in [0.1, 0.15) is 5.75 Å². The Bertz CT molecular complexity index is 332. The van der Waals surface area contributed by atoms with Crippen molar-refractivity contribution in [2.75, 3.05) is 5.73 Å². The Kier molecular flexibility index (Phi) is 2.04. The third-order valence-electron chi connectivity index (χ3n) is 1.81. The van der Waals surface area contributed by atoms with Gasteiger partial charge < -0.3 is 10.8 Å². The van der Waals surface area contributed by atoms with Crippen molar-refractivity contribution >= 4 is 11.5 Å². The standard InChI is InChI=1S/C9H11NO2/c1-5-3-4-7(6(2)11)9(12)8(5)10/h3-4,12H,10H2,1-2H3. The number of benzene rings is 1. The summed E-state index contributed by atoms with van der Waals surface area (Å²) in [5, 5.41) is 9.40. The normalized spacial score (nSPS) is 9.83. The summed E-state index contributed by atoms with van der Waals surface area (Å²) >= 11 is 0. The quantitative estimate of drug-likeness (QED) is 0.376. The Hall–Kier alpha value is -1.51. The molecule has 1 aromatic rings. The number of carbonyl (C=O) groups excluding carboxylic acids is 1. The zero-order valence-corrected chi connectivity index (χ0v) is 7.09. The average molecular weight is 165 g/mol. The highest BCUT2D eigenvalue weighted by Crippen LogP contribution is 2.28. The van der Waals surface area contributed by atoms with E-state index in [0.717, 1.165) is 5.56 Å². The second-order valence-electron chi connectivity index (χ2n) is 2.75. The van der Waals surface area contributed by atoms with E-state index >= 15 is 0 Å². The van der Waals surface area contributed by atoms with Crippen LogP contribution in [0.5, 0.6) is 5.75 Å². The maximum absolute atomic E-state index is 10.9. The summed E-state index contributed by atoms with van der Waals surface area (Å²) in [4.78, 5) is 10.9. The fraction of sp³-hybridized carbons (Fsp3) is 0.222. The van der Waals surface area contributed by atoms with Crippen LogP contribution in [-0.4, -0.2) is 10.9 Å². The van der Waals surface area contributed by atoms with Crippen LogP contribution in [0.25, 0.3) is 0 Å². The molecular weight excluding hydrogens is 154 g/mol. The lowest BCUT2D eigenvalue weighted by molar-refractivity contribution is 0.101. The number of hydrogen-bond acceptors (Lipinski definition) is 3. The first-order valence-corrected chi connectivity index (χ1v) is 3.63. The fourth-order valence-corrected chi connectivity index (χ4v) is 0.993. The molecule has 1 aromatic carbocycles. The molecule has 1 rings (SSSR count). The molecular formula is C9H11NO2. The topological polar surface area (TPSA) is 63.3 Å². The molecule has 0 atom stereocenters. The minimum atomic E-state index is -0.181. The van der Waals surface area contributed by atoms with Crippen molar-refractivity contribution < 1.29 is 9.90 Å². The Morgan fingerprint density at radius 2 is 2.08 bits per heavy atom. The summed E-state index contributed by atoms with van der Waals surface area (Å²) in [5.74, 6) is -0.290. The summed E-state index contributed by atoms with van der Waals surface area (Å²) < 4.78 is 0. The second kappa shape index (κ2) is 2.85. The Morgan fingerprint density at radius 3 is 2.58 bits per heavy atom. The Balaban J connectivity index is 3.36. The maximum atomic E-state index is 10.9. The van der Waals surface area contributed by atoms with Crippen LogP contribution >= 0.6 is 0 Å². The van der Waals surface area contributed by atoms with Gasteiger partial charge in [-0.05, 0) is 25.5 Å². The van der Waals surface area contributed by atoms with Gasteiger partial charge in [-0.25, -0.2) is 0 Å². The van der Waals surface area contributed by atoms with Gasteiger partial charge in [0.15, 0.2) is 5.78 Å². The molecule has 0 amide bonds. The Labute approximate surface area is 70.8 Å². The molecule has 3 heteroatoms. The maximum Gasteiger partial charge on any atom is 0.163 e. The highest BCUT2D eigenvalue weighted by molar-refractivity contribution is 5.98. The minimum Gasteiger partial charge on any atom is -0.505 e. The van der Waals surface area contributed by atoms with Crippen LogP contribution in [0, 0.1) is 6.92 Å². The van der Waals surface area contributed by atoms with Gasteiger partial charge in [-0.1, -0.05) is 6.07 Å². The number of phenolic OH excluding ortho intramolecular Hbond substituents is 1. The van der Waals surface area contributed by atoms with E-state index in [1.165, 1.54) is 6.92 Å². The molecule has 0 saturated heterocycles. The molecule has 0 bridgehead atoms. The van der Waals surface area contributed by atoms with Crippen LogP contribution < -0.4 is 5.73 Å². The van der Waals surface area contributed by atoms with E-state index in [9.17, 15) is 9.90 Å². The molecule has 0 aromatic heterocycles. The molecule has 0 aliphatic carbocycles. The average Bonchev–Trinajstić information content (AvgIpc) is 2.00. The molecule has 64 valence electrons. The van der Waals surface area contributed by atoms with E-state index in [1.807, 2.05) is 0 Å². The first-order valence-electron chi connectivity index (χ1n) is 3.63.